The number of hydrogen-bond acceptors (Lipinski definition) is 6. The summed E-state index contributed by atoms with van der Waals surface area (Å²) in [5.74, 6) is 0.0985. The van der Waals surface area contributed by atoms with E-state index in [1.165, 1.54) is 16.9 Å². The van der Waals surface area contributed by atoms with Crippen molar-refractivity contribution in [3.05, 3.63) is 72.6 Å². The minimum Gasteiger partial charge on any atom is -0.305 e. The molecule has 6 nitrogen and oxygen atoms in total. The molecule has 0 radical (unpaired) electrons. The van der Waals surface area contributed by atoms with Gasteiger partial charge in [-0.2, -0.15) is 0 Å². The van der Waals surface area contributed by atoms with E-state index in [0.29, 0.717) is 5.13 Å². The molecule has 144 valence electrons. The maximum Gasteiger partial charge on any atom is 0.243 e. The Hall–Kier alpha value is -3.16. The minimum absolute atomic E-state index is 0.0661. The van der Waals surface area contributed by atoms with Crippen LogP contribution in [-0.2, 0) is 4.79 Å². The lowest BCUT2D eigenvalue weighted by Crippen LogP contribution is -2.39. The topological polar surface area (TPSA) is 79.8 Å². The number of aromatic nitrogens is 3. The van der Waals surface area contributed by atoms with Gasteiger partial charge in [0.05, 0.1) is 6.04 Å². The molecule has 0 saturated carbocycles. The van der Waals surface area contributed by atoms with Gasteiger partial charge >= 0.3 is 0 Å². The van der Waals surface area contributed by atoms with Crippen LogP contribution in [0, 0.1) is 0 Å². The van der Waals surface area contributed by atoms with Gasteiger partial charge in [0.15, 0.2) is 0 Å². The van der Waals surface area contributed by atoms with Crippen LogP contribution < -0.4 is 10.6 Å². The second-order valence-corrected chi connectivity index (χ2v) is 8.05. The number of carbonyl (C=O) groups excluding carboxylic acids is 1. The van der Waals surface area contributed by atoms with E-state index < -0.39 is 0 Å². The third-order valence-corrected chi connectivity index (χ3v) is 6.16. The molecule has 2 atom stereocenters. The summed E-state index contributed by atoms with van der Waals surface area (Å²) in [6.45, 7) is 0.824. The zero-order chi connectivity index (χ0) is 19.6. The summed E-state index contributed by atoms with van der Waals surface area (Å²) in [6.07, 6.45) is 4.55. The average Bonchev–Trinajstić information content (AvgIpc) is 3.44. The van der Waals surface area contributed by atoms with Crippen LogP contribution in [0.5, 0.6) is 0 Å². The Balaban J connectivity index is 1.33. The highest BCUT2D eigenvalue weighted by atomic mass is 32.1. The highest BCUT2D eigenvalue weighted by molar-refractivity contribution is 7.18. The molecule has 0 aliphatic carbocycles. The van der Waals surface area contributed by atoms with Gasteiger partial charge in [0.25, 0.3) is 0 Å². The Kier molecular flexibility index (Phi) is 4.75. The van der Waals surface area contributed by atoms with Crippen molar-refractivity contribution < 1.29 is 4.79 Å². The molecule has 2 N–H and O–H groups in total. The van der Waals surface area contributed by atoms with Crippen LogP contribution in [0.3, 0.4) is 0 Å². The highest BCUT2D eigenvalue weighted by Gasteiger charge is 2.34. The molecule has 29 heavy (non-hydrogen) atoms. The molecule has 1 saturated heterocycles. The molecule has 3 heterocycles. The van der Waals surface area contributed by atoms with E-state index in [4.69, 9.17) is 0 Å². The molecule has 2 aromatic carbocycles. The fourth-order valence-corrected chi connectivity index (χ4v) is 4.57. The van der Waals surface area contributed by atoms with Crippen molar-refractivity contribution in [1.82, 2.24) is 20.5 Å². The van der Waals surface area contributed by atoms with E-state index >= 15 is 0 Å². The molecular formula is C22H19N5OS. The summed E-state index contributed by atoms with van der Waals surface area (Å²) < 4.78 is 0. The van der Waals surface area contributed by atoms with Gasteiger partial charge in [-0.15, -0.1) is 10.2 Å². The zero-order valence-corrected chi connectivity index (χ0v) is 16.4. The van der Waals surface area contributed by atoms with Crippen LogP contribution in [0.1, 0.15) is 17.9 Å². The fraction of sp³-hybridized carbons (Fsp3) is 0.182. The lowest BCUT2D eigenvalue weighted by atomic mass is 9.91. The third kappa shape index (κ3) is 3.62. The predicted octanol–water partition coefficient (Wildman–Crippen LogP) is 3.84. The number of hydrogen-bond donors (Lipinski definition) is 2. The summed E-state index contributed by atoms with van der Waals surface area (Å²) in [7, 11) is 0. The summed E-state index contributed by atoms with van der Waals surface area (Å²) in [5, 5.41) is 18.2. The second-order valence-electron chi connectivity index (χ2n) is 7.08. The van der Waals surface area contributed by atoms with E-state index in [2.05, 4.69) is 44.0 Å². The van der Waals surface area contributed by atoms with Crippen LogP contribution in [0.25, 0.3) is 21.3 Å². The van der Waals surface area contributed by atoms with Gasteiger partial charge in [-0.25, -0.2) is 0 Å². The van der Waals surface area contributed by atoms with Crippen molar-refractivity contribution in [2.45, 2.75) is 18.4 Å². The monoisotopic (exact) mass is 401 g/mol. The van der Waals surface area contributed by atoms with Crippen molar-refractivity contribution >= 4 is 33.1 Å². The number of rotatable bonds is 4. The molecule has 1 aliphatic rings. The molecule has 7 heteroatoms. The van der Waals surface area contributed by atoms with Crippen molar-refractivity contribution in [1.29, 1.82) is 0 Å². The molecular weight excluding hydrogens is 382 g/mol. The maximum atomic E-state index is 12.9. The normalized spacial score (nSPS) is 18.8. The number of benzene rings is 2. The number of anilines is 1. The molecule has 2 aromatic heterocycles. The highest BCUT2D eigenvalue weighted by Crippen LogP contribution is 2.31. The summed E-state index contributed by atoms with van der Waals surface area (Å²) in [6, 6.07) is 18.0. The van der Waals surface area contributed by atoms with Gasteiger partial charge in [-0.1, -0.05) is 53.8 Å². The van der Waals surface area contributed by atoms with Crippen molar-refractivity contribution in [2.24, 2.45) is 0 Å². The number of fused-ring (bicyclic) bond motifs is 1. The van der Waals surface area contributed by atoms with E-state index in [0.717, 1.165) is 34.3 Å². The Morgan fingerprint density at radius 2 is 1.97 bits per heavy atom. The van der Waals surface area contributed by atoms with Crippen LogP contribution >= 0.6 is 11.3 Å². The largest absolute Gasteiger partial charge is 0.305 e. The van der Waals surface area contributed by atoms with Crippen molar-refractivity contribution in [3.63, 3.8) is 0 Å². The van der Waals surface area contributed by atoms with E-state index in [-0.39, 0.29) is 17.9 Å². The quantitative estimate of drug-likeness (QED) is 0.543. The van der Waals surface area contributed by atoms with Gasteiger partial charge in [0.2, 0.25) is 11.0 Å². The molecule has 2 unspecified atom stereocenters. The van der Waals surface area contributed by atoms with Crippen molar-refractivity contribution in [2.75, 3.05) is 11.9 Å². The molecule has 4 aromatic rings. The van der Waals surface area contributed by atoms with Crippen molar-refractivity contribution in [3.8, 4) is 10.6 Å². The molecule has 0 spiro atoms. The van der Waals surface area contributed by atoms with Gasteiger partial charge in [-0.3, -0.25) is 15.1 Å². The fourth-order valence-electron chi connectivity index (χ4n) is 3.83. The first-order chi connectivity index (χ1) is 14.3. The lowest BCUT2D eigenvalue weighted by molar-refractivity contribution is -0.118. The molecule has 1 fully saturated rings. The molecule has 1 amide bonds. The van der Waals surface area contributed by atoms with E-state index in [1.807, 2.05) is 42.6 Å². The summed E-state index contributed by atoms with van der Waals surface area (Å²) in [4.78, 5) is 17.0. The molecule has 1 aliphatic heterocycles. The first kappa shape index (κ1) is 17.9. The van der Waals surface area contributed by atoms with Crippen LogP contribution in [0.2, 0.25) is 0 Å². The first-order valence-electron chi connectivity index (χ1n) is 9.55. The Morgan fingerprint density at radius 3 is 2.86 bits per heavy atom. The van der Waals surface area contributed by atoms with Gasteiger partial charge in [0.1, 0.15) is 5.01 Å². The molecule has 5 rings (SSSR count). The first-order valence-corrected chi connectivity index (χ1v) is 10.4. The Morgan fingerprint density at radius 1 is 1.07 bits per heavy atom. The smallest absolute Gasteiger partial charge is 0.243 e. The van der Waals surface area contributed by atoms with Crippen LogP contribution in [-0.4, -0.2) is 33.7 Å². The lowest BCUT2D eigenvalue weighted by Gasteiger charge is -2.18. The Bertz CT molecular complexity index is 1160. The van der Waals surface area contributed by atoms with Gasteiger partial charge in [0, 0.05) is 29.3 Å². The average molecular weight is 401 g/mol. The number of nitrogens with zero attached hydrogens (tertiary/aromatic N) is 3. The SMILES string of the molecule is O=C(Nc1nnc(-c2ccc3cnccc3c2)s1)C1NCCC1c1ccccc1. The number of carbonyl (C=O) groups is 1. The number of pyridine rings is 1. The van der Waals surface area contributed by atoms with E-state index in [9.17, 15) is 4.79 Å². The number of amides is 1. The predicted molar refractivity (Wildman–Crippen MR) is 115 cm³/mol. The van der Waals surface area contributed by atoms with Gasteiger partial charge < -0.3 is 5.32 Å². The summed E-state index contributed by atoms with van der Waals surface area (Å²) >= 11 is 1.38. The van der Waals surface area contributed by atoms with E-state index in [1.54, 1.807) is 6.20 Å². The summed E-state index contributed by atoms with van der Waals surface area (Å²) in [5.41, 5.74) is 2.16. The minimum atomic E-state index is -0.266. The zero-order valence-electron chi connectivity index (χ0n) is 15.6. The van der Waals surface area contributed by atoms with Gasteiger partial charge in [-0.05, 0) is 36.0 Å². The van der Waals surface area contributed by atoms with Crippen LogP contribution in [0.15, 0.2) is 67.0 Å². The standard InChI is InChI=1S/C22H19N5OS/c28-20(19-18(9-11-24-19)14-4-2-1-3-5-14)25-22-27-26-21(29-22)16-6-7-17-13-23-10-8-15(17)12-16/h1-8,10,12-13,18-19,24H,9,11H2,(H,25,27,28). The third-order valence-electron chi connectivity index (χ3n) is 5.27. The maximum absolute atomic E-state index is 12.9. The molecule has 0 bridgehead atoms. The number of nitrogens with one attached hydrogen (secondary N) is 2. The van der Waals surface area contributed by atoms with Crippen LogP contribution in [0.4, 0.5) is 5.13 Å². The Labute approximate surface area is 172 Å². The second kappa shape index (κ2) is 7.69.